The molecule has 1 heterocycles. The lowest BCUT2D eigenvalue weighted by atomic mass is 10.1. The molecule has 26 heavy (non-hydrogen) atoms. The Bertz CT molecular complexity index is 1000. The van der Waals surface area contributed by atoms with E-state index in [2.05, 4.69) is 0 Å². The molecule has 0 spiro atoms. The van der Waals surface area contributed by atoms with E-state index in [1.807, 2.05) is 30.3 Å². The zero-order valence-corrected chi connectivity index (χ0v) is 13.5. The topological polar surface area (TPSA) is 76.0 Å². The molecule has 3 aromatic rings. The normalized spacial score (nSPS) is 14.2. The van der Waals surface area contributed by atoms with Crippen LogP contribution in [0.15, 0.2) is 72.5 Å². The molecular formula is C21H14O5. The minimum atomic E-state index is -0.439. The molecule has 0 saturated heterocycles. The zero-order chi connectivity index (χ0) is 18.1. The number of hydrogen-bond donors (Lipinski definition) is 2. The average Bonchev–Trinajstić information content (AvgIpc) is 2.97. The first-order chi connectivity index (χ1) is 12.6. The van der Waals surface area contributed by atoms with E-state index in [1.54, 1.807) is 30.3 Å². The average molecular weight is 346 g/mol. The van der Waals surface area contributed by atoms with E-state index in [1.165, 1.54) is 12.1 Å². The van der Waals surface area contributed by atoms with E-state index in [4.69, 9.17) is 9.47 Å². The molecule has 1 aliphatic rings. The highest BCUT2D eigenvalue weighted by atomic mass is 16.5. The van der Waals surface area contributed by atoms with Crippen LogP contribution in [0.4, 0.5) is 0 Å². The molecule has 0 bridgehead atoms. The third kappa shape index (κ3) is 2.86. The summed E-state index contributed by atoms with van der Waals surface area (Å²) in [5.41, 5.74) is 0.959. The van der Waals surface area contributed by atoms with Crippen LogP contribution in [0.1, 0.15) is 15.9 Å². The molecule has 0 aliphatic carbocycles. The van der Waals surface area contributed by atoms with E-state index in [0.29, 0.717) is 5.75 Å². The molecule has 0 unspecified atom stereocenters. The highest BCUT2D eigenvalue weighted by molar-refractivity contribution is 6.15. The van der Waals surface area contributed by atoms with Gasteiger partial charge in [0.15, 0.2) is 17.3 Å². The molecular weight excluding hydrogens is 332 g/mol. The number of carbonyl (C=O) groups excluding carboxylic acids is 1. The number of hydrogen-bond acceptors (Lipinski definition) is 5. The quantitative estimate of drug-likeness (QED) is 0.539. The van der Waals surface area contributed by atoms with E-state index >= 15 is 0 Å². The van der Waals surface area contributed by atoms with Crippen molar-refractivity contribution in [2.24, 2.45) is 0 Å². The Hall–Kier alpha value is -3.73. The maximum absolute atomic E-state index is 12.4. The molecule has 0 fully saturated rings. The van der Waals surface area contributed by atoms with Gasteiger partial charge in [-0.25, -0.2) is 0 Å². The van der Waals surface area contributed by atoms with Crippen LogP contribution in [0, 0.1) is 0 Å². The second-order valence-corrected chi connectivity index (χ2v) is 5.73. The number of ketones is 1. The number of phenolic OH excluding ortho intramolecular Hbond substituents is 2. The summed E-state index contributed by atoms with van der Waals surface area (Å²) in [6, 6.07) is 19.3. The Morgan fingerprint density at radius 2 is 1.54 bits per heavy atom. The minimum Gasteiger partial charge on any atom is -0.504 e. The molecule has 0 atom stereocenters. The fraction of sp³-hybridized carbons (Fsp3) is 0. The number of benzene rings is 3. The number of aromatic hydroxyl groups is 2. The number of fused-ring (bicyclic) bond motifs is 1. The van der Waals surface area contributed by atoms with Gasteiger partial charge in [0, 0.05) is 0 Å². The standard InChI is InChI=1S/C21H14O5/c22-17-11-10-16-19(23)18(26-21(16)20(17)24)12-13-6-8-15(9-7-13)25-14-4-2-1-3-5-14/h1-12,22,24H/b18-12+. The smallest absolute Gasteiger partial charge is 0.232 e. The number of allylic oxidation sites excluding steroid dienone is 1. The SMILES string of the molecule is O=C1/C(=C\c2ccc(Oc3ccccc3)cc2)Oc2c1ccc(O)c2O. The van der Waals surface area contributed by atoms with E-state index < -0.39 is 5.75 Å². The molecule has 3 aromatic carbocycles. The fourth-order valence-electron chi connectivity index (χ4n) is 2.64. The van der Waals surface area contributed by atoms with Crippen molar-refractivity contribution in [2.45, 2.75) is 0 Å². The predicted molar refractivity (Wildman–Crippen MR) is 95.7 cm³/mol. The molecule has 4 rings (SSSR count). The van der Waals surface area contributed by atoms with Gasteiger partial charge in [0.05, 0.1) is 5.56 Å². The van der Waals surface area contributed by atoms with Gasteiger partial charge in [0.25, 0.3) is 0 Å². The van der Waals surface area contributed by atoms with Crippen molar-refractivity contribution in [3.63, 3.8) is 0 Å². The van der Waals surface area contributed by atoms with Gasteiger partial charge in [-0.15, -0.1) is 0 Å². The van der Waals surface area contributed by atoms with Crippen LogP contribution >= 0.6 is 0 Å². The first-order valence-corrected chi connectivity index (χ1v) is 7.94. The summed E-state index contributed by atoms with van der Waals surface area (Å²) in [6.45, 7) is 0. The molecule has 0 amide bonds. The van der Waals surface area contributed by atoms with Crippen molar-refractivity contribution in [1.29, 1.82) is 0 Å². The molecule has 5 heteroatoms. The van der Waals surface area contributed by atoms with Crippen LogP contribution in [0.2, 0.25) is 0 Å². The Kier molecular flexibility index (Phi) is 3.82. The molecule has 5 nitrogen and oxygen atoms in total. The van der Waals surface area contributed by atoms with Crippen LogP contribution in [0.3, 0.4) is 0 Å². The number of ether oxygens (including phenoxy) is 2. The van der Waals surface area contributed by atoms with E-state index in [0.717, 1.165) is 11.3 Å². The second-order valence-electron chi connectivity index (χ2n) is 5.73. The number of para-hydroxylation sites is 1. The van der Waals surface area contributed by atoms with Crippen molar-refractivity contribution in [1.82, 2.24) is 0 Å². The highest BCUT2D eigenvalue weighted by Crippen LogP contribution is 2.44. The molecule has 2 N–H and O–H groups in total. The number of Topliss-reactive ketones (excluding diaryl/α,β-unsaturated/α-hetero) is 1. The van der Waals surface area contributed by atoms with Crippen LogP contribution in [-0.2, 0) is 0 Å². The maximum Gasteiger partial charge on any atom is 0.232 e. The summed E-state index contributed by atoms with van der Waals surface area (Å²) in [5, 5.41) is 19.3. The summed E-state index contributed by atoms with van der Waals surface area (Å²) in [4.78, 5) is 12.4. The molecule has 0 saturated carbocycles. The Morgan fingerprint density at radius 3 is 2.27 bits per heavy atom. The second kappa shape index (κ2) is 6.29. The fourth-order valence-corrected chi connectivity index (χ4v) is 2.64. The van der Waals surface area contributed by atoms with Gasteiger partial charge in [-0.05, 0) is 48.0 Å². The minimum absolute atomic E-state index is 0.0229. The third-order valence-corrected chi connectivity index (χ3v) is 3.95. The summed E-state index contributed by atoms with van der Waals surface area (Å²) < 4.78 is 11.2. The van der Waals surface area contributed by atoms with Crippen LogP contribution in [-0.4, -0.2) is 16.0 Å². The van der Waals surface area contributed by atoms with Crippen LogP contribution < -0.4 is 9.47 Å². The lowest BCUT2D eigenvalue weighted by molar-refractivity contribution is 0.101. The zero-order valence-electron chi connectivity index (χ0n) is 13.5. The van der Waals surface area contributed by atoms with E-state index in [-0.39, 0.29) is 28.6 Å². The van der Waals surface area contributed by atoms with Crippen LogP contribution in [0.25, 0.3) is 6.08 Å². The maximum atomic E-state index is 12.4. The lowest BCUT2D eigenvalue weighted by Gasteiger charge is -2.05. The van der Waals surface area contributed by atoms with Crippen molar-refractivity contribution >= 4 is 11.9 Å². The Balaban J connectivity index is 1.56. The van der Waals surface area contributed by atoms with Gasteiger partial charge >= 0.3 is 0 Å². The monoisotopic (exact) mass is 346 g/mol. The van der Waals surface area contributed by atoms with Crippen LogP contribution in [0.5, 0.6) is 28.7 Å². The van der Waals surface area contributed by atoms with Gasteiger partial charge in [0.2, 0.25) is 11.5 Å². The summed E-state index contributed by atoms with van der Waals surface area (Å²) in [7, 11) is 0. The molecule has 128 valence electrons. The van der Waals surface area contributed by atoms with Crippen molar-refractivity contribution < 1.29 is 24.5 Å². The molecule has 1 aliphatic heterocycles. The van der Waals surface area contributed by atoms with Gasteiger partial charge in [0.1, 0.15) is 11.5 Å². The molecule has 0 radical (unpaired) electrons. The van der Waals surface area contributed by atoms with Crippen molar-refractivity contribution in [2.75, 3.05) is 0 Å². The largest absolute Gasteiger partial charge is 0.504 e. The highest BCUT2D eigenvalue weighted by Gasteiger charge is 2.31. The van der Waals surface area contributed by atoms with Gasteiger partial charge < -0.3 is 19.7 Å². The van der Waals surface area contributed by atoms with Gasteiger partial charge in [-0.2, -0.15) is 0 Å². The number of rotatable bonds is 3. The van der Waals surface area contributed by atoms with E-state index in [9.17, 15) is 15.0 Å². The molecule has 0 aromatic heterocycles. The number of phenols is 2. The summed E-state index contributed by atoms with van der Waals surface area (Å²) in [6.07, 6.45) is 1.57. The van der Waals surface area contributed by atoms with Gasteiger partial charge in [-0.1, -0.05) is 30.3 Å². The lowest BCUT2D eigenvalue weighted by Crippen LogP contribution is -1.97. The predicted octanol–water partition coefficient (Wildman–Crippen LogP) is 4.51. The third-order valence-electron chi connectivity index (χ3n) is 3.95. The summed E-state index contributed by atoms with van der Waals surface area (Å²) >= 11 is 0. The first kappa shape index (κ1) is 15.8. The first-order valence-electron chi connectivity index (χ1n) is 7.94. The van der Waals surface area contributed by atoms with Crippen molar-refractivity contribution in [3.8, 4) is 28.7 Å². The van der Waals surface area contributed by atoms with Gasteiger partial charge in [-0.3, -0.25) is 4.79 Å². The number of carbonyl (C=O) groups is 1. The van der Waals surface area contributed by atoms with Crippen molar-refractivity contribution in [3.05, 3.63) is 83.6 Å². The Labute approximate surface area is 149 Å². The summed E-state index contributed by atoms with van der Waals surface area (Å²) in [5.74, 6) is 0.343. The Morgan fingerprint density at radius 1 is 0.846 bits per heavy atom.